The van der Waals surface area contributed by atoms with Crippen LogP contribution in [0, 0.1) is 0 Å². The Kier molecular flexibility index (Phi) is 5.44. The standard InChI is InChI=1S/C30H29N3O4/c1-30-28-27(22-12-4-6-13-24(22)31-28)23(21-11-5-7-14-25(21)37-3)17-33(30)26(34)18-32(29(30)35)16-19-9-8-10-20(15-19)36-2/h4-15,23,31H,16-18H2,1-3H3. The van der Waals surface area contributed by atoms with Gasteiger partial charge < -0.3 is 24.3 Å². The summed E-state index contributed by atoms with van der Waals surface area (Å²) in [4.78, 5) is 34.9. The van der Waals surface area contributed by atoms with Crippen molar-refractivity contribution in [3.63, 3.8) is 0 Å². The minimum absolute atomic E-state index is 0.0276. The lowest BCUT2D eigenvalue weighted by Crippen LogP contribution is -2.67. The number of aromatic nitrogens is 1. The lowest BCUT2D eigenvalue weighted by atomic mass is 9.76. The molecule has 1 aromatic heterocycles. The highest BCUT2D eigenvalue weighted by molar-refractivity contribution is 6.01. The number of ether oxygens (including phenoxy) is 2. The van der Waals surface area contributed by atoms with Crippen LogP contribution < -0.4 is 9.47 Å². The van der Waals surface area contributed by atoms with Gasteiger partial charge in [-0.1, -0.05) is 48.5 Å². The minimum atomic E-state index is -1.15. The monoisotopic (exact) mass is 495 g/mol. The third kappa shape index (κ3) is 3.49. The summed E-state index contributed by atoms with van der Waals surface area (Å²) in [5.74, 6) is 1.17. The van der Waals surface area contributed by atoms with Crippen LogP contribution in [0.1, 0.15) is 35.2 Å². The molecule has 3 heterocycles. The summed E-state index contributed by atoms with van der Waals surface area (Å²) < 4.78 is 11.1. The maximum atomic E-state index is 14.2. The number of carbonyl (C=O) groups is 2. The molecule has 1 fully saturated rings. The molecule has 2 aliphatic rings. The number of nitrogens with one attached hydrogen (secondary N) is 1. The predicted molar refractivity (Wildman–Crippen MR) is 141 cm³/mol. The highest BCUT2D eigenvalue weighted by Crippen LogP contribution is 2.49. The number of carbonyl (C=O) groups excluding carboxylic acids is 2. The molecule has 0 saturated carbocycles. The Labute approximate surface area is 215 Å². The summed E-state index contributed by atoms with van der Waals surface area (Å²) in [5.41, 5.74) is 3.52. The van der Waals surface area contributed by atoms with E-state index in [0.29, 0.717) is 13.1 Å². The largest absolute Gasteiger partial charge is 0.497 e. The van der Waals surface area contributed by atoms with E-state index < -0.39 is 5.54 Å². The van der Waals surface area contributed by atoms with Gasteiger partial charge in [0.25, 0.3) is 5.91 Å². The number of hydrogen-bond acceptors (Lipinski definition) is 4. The summed E-state index contributed by atoms with van der Waals surface area (Å²) in [6.07, 6.45) is 0. The Morgan fingerprint density at radius 2 is 1.76 bits per heavy atom. The molecule has 37 heavy (non-hydrogen) atoms. The smallest absolute Gasteiger partial charge is 0.255 e. The van der Waals surface area contributed by atoms with E-state index in [9.17, 15) is 9.59 Å². The van der Waals surface area contributed by atoms with E-state index in [-0.39, 0.29) is 24.3 Å². The van der Waals surface area contributed by atoms with E-state index in [1.54, 1.807) is 24.0 Å². The zero-order valence-corrected chi connectivity index (χ0v) is 21.2. The number of nitrogens with zero attached hydrogens (tertiary/aromatic N) is 2. The summed E-state index contributed by atoms with van der Waals surface area (Å²) in [7, 11) is 3.28. The zero-order chi connectivity index (χ0) is 25.7. The number of piperazine rings is 1. The van der Waals surface area contributed by atoms with Crippen molar-refractivity contribution in [3.8, 4) is 11.5 Å². The lowest BCUT2D eigenvalue weighted by molar-refractivity contribution is -0.166. The molecule has 188 valence electrons. The van der Waals surface area contributed by atoms with E-state index in [2.05, 4.69) is 11.1 Å². The fourth-order valence-electron chi connectivity index (χ4n) is 6.03. The van der Waals surface area contributed by atoms with Crippen molar-refractivity contribution < 1.29 is 19.1 Å². The summed E-state index contributed by atoms with van der Waals surface area (Å²) in [6, 6.07) is 23.6. The minimum Gasteiger partial charge on any atom is -0.497 e. The Hall–Kier alpha value is -4.26. The maximum Gasteiger partial charge on any atom is 0.255 e. The lowest BCUT2D eigenvalue weighted by Gasteiger charge is -2.51. The number of benzene rings is 3. The van der Waals surface area contributed by atoms with E-state index in [0.717, 1.165) is 44.8 Å². The Bertz CT molecular complexity index is 1530. The molecule has 0 spiro atoms. The number of hydrogen-bond donors (Lipinski definition) is 1. The first-order chi connectivity index (χ1) is 18.0. The number of aromatic amines is 1. The second-order valence-corrected chi connectivity index (χ2v) is 9.84. The molecule has 2 amide bonds. The van der Waals surface area contributed by atoms with E-state index in [4.69, 9.17) is 9.47 Å². The highest BCUT2D eigenvalue weighted by atomic mass is 16.5. The van der Waals surface area contributed by atoms with Gasteiger partial charge in [0.15, 0.2) is 5.54 Å². The van der Waals surface area contributed by atoms with Crippen molar-refractivity contribution in [1.82, 2.24) is 14.8 Å². The van der Waals surface area contributed by atoms with Gasteiger partial charge in [-0.2, -0.15) is 0 Å². The number of para-hydroxylation sites is 2. The van der Waals surface area contributed by atoms with Crippen molar-refractivity contribution in [3.05, 3.63) is 95.2 Å². The molecule has 0 bridgehead atoms. The molecule has 4 aromatic rings. The third-order valence-corrected chi connectivity index (χ3v) is 7.84. The van der Waals surface area contributed by atoms with Crippen LogP contribution in [0.5, 0.6) is 11.5 Å². The Morgan fingerprint density at radius 3 is 2.57 bits per heavy atom. The molecular weight excluding hydrogens is 466 g/mol. The Morgan fingerprint density at radius 1 is 0.973 bits per heavy atom. The maximum absolute atomic E-state index is 14.2. The molecular formula is C30H29N3O4. The summed E-state index contributed by atoms with van der Waals surface area (Å²) in [5, 5.41) is 1.06. The van der Waals surface area contributed by atoms with Crippen LogP contribution in [-0.4, -0.2) is 53.9 Å². The topological polar surface area (TPSA) is 74.9 Å². The molecule has 2 unspecified atom stereocenters. The van der Waals surface area contributed by atoms with Crippen LogP contribution in [0.25, 0.3) is 10.9 Å². The fourth-order valence-corrected chi connectivity index (χ4v) is 6.03. The second kappa shape index (κ2) is 8.69. The average Bonchev–Trinajstić information content (AvgIpc) is 3.33. The van der Waals surface area contributed by atoms with Gasteiger partial charge in [-0.25, -0.2) is 0 Å². The van der Waals surface area contributed by atoms with E-state index >= 15 is 0 Å². The Balaban J connectivity index is 1.50. The molecule has 0 aliphatic carbocycles. The van der Waals surface area contributed by atoms with Crippen LogP contribution in [0.15, 0.2) is 72.8 Å². The highest BCUT2D eigenvalue weighted by Gasteiger charge is 2.56. The first-order valence-corrected chi connectivity index (χ1v) is 12.4. The molecule has 2 atom stereocenters. The first kappa shape index (κ1) is 23.2. The van der Waals surface area contributed by atoms with Gasteiger partial charge in [-0.15, -0.1) is 0 Å². The molecule has 3 aromatic carbocycles. The molecule has 6 rings (SSSR count). The van der Waals surface area contributed by atoms with Gasteiger partial charge in [0.05, 0.1) is 19.9 Å². The molecule has 2 aliphatic heterocycles. The van der Waals surface area contributed by atoms with Crippen molar-refractivity contribution in [2.75, 3.05) is 27.3 Å². The van der Waals surface area contributed by atoms with Crippen molar-refractivity contribution >= 4 is 22.7 Å². The predicted octanol–water partition coefficient (Wildman–Crippen LogP) is 4.42. The average molecular weight is 496 g/mol. The van der Waals surface area contributed by atoms with Crippen molar-refractivity contribution in [2.45, 2.75) is 24.9 Å². The van der Waals surface area contributed by atoms with Crippen LogP contribution >= 0.6 is 0 Å². The summed E-state index contributed by atoms with van der Waals surface area (Å²) in [6.45, 7) is 2.62. The van der Waals surface area contributed by atoms with Crippen LogP contribution in [-0.2, 0) is 21.7 Å². The van der Waals surface area contributed by atoms with Gasteiger partial charge >= 0.3 is 0 Å². The number of amides is 2. The second-order valence-electron chi connectivity index (χ2n) is 9.84. The number of H-pyrrole nitrogens is 1. The van der Waals surface area contributed by atoms with Crippen LogP contribution in [0.4, 0.5) is 0 Å². The number of rotatable bonds is 5. The van der Waals surface area contributed by atoms with Crippen molar-refractivity contribution in [2.24, 2.45) is 0 Å². The van der Waals surface area contributed by atoms with Crippen LogP contribution in [0.2, 0.25) is 0 Å². The number of fused-ring (bicyclic) bond motifs is 5. The molecule has 7 nitrogen and oxygen atoms in total. The summed E-state index contributed by atoms with van der Waals surface area (Å²) >= 11 is 0. The molecule has 1 saturated heterocycles. The SMILES string of the molecule is COc1cccc(CN2CC(=O)N3CC(c4ccccc4OC)c4c([nH]c5ccccc45)C3(C)C2=O)c1. The van der Waals surface area contributed by atoms with Gasteiger partial charge in [0, 0.05) is 35.5 Å². The fraction of sp³-hybridized carbons (Fsp3) is 0.267. The first-order valence-electron chi connectivity index (χ1n) is 12.4. The molecule has 0 radical (unpaired) electrons. The quantitative estimate of drug-likeness (QED) is 0.445. The third-order valence-electron chi connectivity index (χ3n) is 7.84. The van der Waals surface area contributed by atoms with E-state index in [1.807, 2.05) is 73.7 Å². The molecule has 1 N–H and O–H groups in total. The van der Waals surface area contributed by atoms with Crippen molar-refractivity contribution in [1.29, 1.82) is 0 Å². The van der Waals surface area contributed by atoms with Gasteiger partial charge in [-0.3, -0.25) is 9.59 Å². The zero-order valence-electron chi connectivity index (χ0n) is 21.2. The van der Waals surface area contributed by atoms with E-state index in [1.165, 1.54) is 0 Å². The molecule has 7 heteroatoms. The van der Waals surface area contributed by atoms with Gasteiger partial charge in [0.2, 0.25) is 5.91 Å². The normalized spacial score (nSPS) is 21.1. The number of methoxy groups -OCH3 is 2. The van der Waals surface area contributed by atoms with Gasteiger partial charge in [-0.05, 0) is 42.3 Å². The van der Waals surface area contributed by atoms with Crippen LogP contribution in [0.3, 0.4) is 0 Å². The van der Waals surface area contributed by atoms with Gasteiger partial charge in [0.1, 0.15) is 18.0 Å².